The highest BCUT2D eigenvalue weighted by Gasteiger charge is 2.57. The van der Waals surface area contributed by atoms with E-state index in [1.807, 2.05) is 6.92 Å². The fourth-order valence-corrected chi connectivity index (χ4v) is 5.89. The van der Waals surface area contributed by atoms with E-state index in [1.165, 1.54) is 42.5 Å². The Kier molecular flexibility index (Phi) is 6.18. The standard InChI is InChI=1S/C24H25N3O6S/c1-4-20-22(27(29)30)23(26(24(20)28)17-9-11-18(33-3)12-10-17)21-6-5-15-25(21)34(31,32)19-13-7-16(2)8-14-19/h5-15,20,22-23H,4H2,1-3H3/t20-,22-,23+/m0/s1. The van der Waals surface area contributed by atoms with E-state index in [0.29, 0.717) is 11.4 Å². The second-order valence-corrected chi connectivity index (χ2v) is 10.0. The Morgan fingerprint density at radius 3 is 2.26 bits per heavy atom. The lowest BCUT2D eigenvalue weighted by Gasteiger charge is -2.26. The van der Waals surface area contributed by atoms with Gasteiger partial charge in [-0.3, -0.25) is 19.8 Å². The van der Waals surface area contributed by atoms with Gasteiger partial charge < -0.3 is 4.74 Å². The number of carbonyl (C=O) groups excluding carboxylic acids is 1. The lowest BCUT2D eigenvalue weighted by Crippen LogP contribution is -2.35. The van der Waals surface area contributed by atoms with Crippen molar-refractivity contribution in [2.24, 2.45) is 5.92 Å². The molecule has 4 rings (SSSR count). The lowest BCUT2D eigenvalue weighted by atomic mass is 9.95. The fourth-order valence-electron chi connectivity index (χ4n) is 4.50. The normalized spacial score (nSPS) is 20.5. The van der Waals surface area contributed by atoms with Crippen LogP contribution in [0.15, 0.2) is 71.8 Å². The maximum atomic E-state index is 13.5. The van der Waals surface area contributed by atoms with Crippen LogP contribution in [0.1, 0.15) is 30.6 Å². The largest absolute Gasteiger partial charge is 0.497 e. The van der Waals surface area contributed by atoms with Gasteiger partial charge in [0.25, 0.3) is 16.1 Å². The molecular weight excluding hydrogens is 458 g/mol. The first kappa shape index (κ1) is 23.5. The first-order valence-corrected chi connectivity index (χ1v) is 12.2. The maximum Gasteiger partial charge on any atom is 0.267 e. The van der Waals surface area contributed by atoms with Crippen LogP contribution in [-0.2, 0) is 14.8 Å². The van der Waals surface area contributed by atoms with Crippen LogP contribution in [0, 0.1) is 23.0 Å². The van der Waals surface area contributed by atoms with Crippen molar-refractivity contribution in [3.8, 4) is 5.75 Å². The van der Waals surface area contributed by atoms with Crippen molar-refractivity contribution in [2.45, 2.75) is 37.2 Å². The highest BCUT2D eigenvalue weighted by Crippen LogP contribution is 2.43. The molecule has 10 heteroatoms. The number of nitro groups is 1. The molecule has 178 valence electrons. The van der Waals surface area contributed by atoms with Crippen molar-refractivity contribution in [3.05, 3.63) is 88.2 Å². The lowest BCUT2D eigenvalue weighted by molar-refractivity contribution is -0.530. The number of nitrogens with zero attached hydrogens (tertiary/aromatic N) is 3. The SMILES string of the molecule is CC[C@@H]1C(=O)N(c2ccc(OC)cc2)[C@H](c2cccn2S(=O)(=O)c2ccc(C)cc2)[C@H]1[N+](=O)[O-]. The number of rotatable bonds is 7. The van der Waals surface area contributed by atoms with Gasteiger partial charge >= 0.3 is 0 Å². The Bertz CT molecular complexity index is 1320. The number of amides is 1. The van der Waals surface area contributed by atoms with E-state index >= 15 is 0 Å². The predicted octanol–water partition coefficient (Wildman–Crippen LogP) is 3.80. The molecule has 2 aromatic carbocycles. The quantitative estimate of drug-likeness (QED) is 0.373. The number of carbonyl (C=O) groups is 1. The molecule has 1 saturated heterocycles. The van der Waals surface area contributed by atoms with Crippen LogP contribution in [-0.4, -0.2) is 36.4 Å². The maximum absolute atomic E-state index is 13.5. The van der Waals surface area contributed by atoms with Crippen LogP contribution in [0.4, 0.5) is 5.69 Å². The molecule has 0 spiro atoms. The van der Waals surface area contributed by atoms with Gasteiger partial charge in [0.15, 0.2) is 0 Å². The number of anilines is 1. The number of aromatic nitrogens is 1. The molecule has 3 aromatic rings. The summed E-state index contributed by atoms with van der Waals surface area (Å²) in [6, 6.07) is 13.6. The Hall–Kier alpha value is -3.66. The van der Waals surface area contributed by atoms with E-state index in [1.54, 1.807) is 43.3 Å². The third-order valence-electron chi connectivity index (χ3n) is 6.23. The van der Waals surface area contributed by atoms with Gasteiger partial charge in [-0.25, -0.2) is 12.4 Å². The second-order valence-electron chi connectivity index (χ2n) is 8.19. The summed E-state index contributed by atoms with van der Waals surface area (Å²) in [5.74, 6) is -0.748. The van der Waals surface area contributed by atoms with Gasteiger partial charge in [-0.05, 0) is 61.9 Å². The van der Waals surface area contributed by atoms with Crippen molar-refractivity contribution in [1.29, 1.82) is 0 Å². The van der Waals surface area contributed by atoms with Crippen LogP contribution in [0.2, 0.25) is 0 Å². The highest BCUT2D eigenvalue weighted by molar-refractivity contribution is 7.90. The van der Waals surface area contributed by atoms with Gasteiger partial charge in [-0.2, -0.15) is 0 Å². The number of ether oxygens (including phenoxy) is 1. The van der Waals surface area contributed by atoms with E-state index in [4.69, 9.17) is 4.74 Å². The van der Waals surface area contributed by atoms with Crippen LogP contribution in [0.25, 0.3) is 0 Å². The molecule has 9 nitrogen and oxygen atoms in total. The zero-order valence-corrected chi connectivity index (χ0v) is 19.8. The first-order valence-electron chi connectivity index (χ1n) is 10.8. The monoisotopic (exact) mass is 483 g/mol. The van der Waals surface area contributed by atoms with Crippen molar-refractivity contribution >= 4 is 21.6 Å². The summed E-state index contributed by atoms with van der Waals surface area (Å²) >= 11 is 0. The molecule has 34 heavy (non-hydrogen) atoms. The average Bonchev–Trinajstić information content (AvgIpc) is 3.42. The Balaban J connectivity index is 1.89. The fraction of sp³-hybridized carbons (Fsp3) is 0.292. The molecule has 0 saturated carbocycles. The van der Waals surface area contributed by atoms with Crippen LogP contribution >= 0.6 is 0 Å². The zero-order valence-electron chi connectivity index (χ0n) is 19.0. The minimum Gasteiger partial charge on any atom is -0.497 e. The topological polar surface area (TPSA) is 112 Å². The summed E-state index contributed by atoms with van der Waals surface area (Å²) in [5.41, 5.74) is 1.49. The van der Waals surface area contributed by atoms with E-state index in [0.717, 1.165) is 9.54 Å². The molecule has 1 aliphatic rings. The highest BCUT2D eigenvalue weighted by atomic mass is 32.2. The first-order chi connectivity index (χ1) is 16.2. The minimum absolute atomic E-state index is 0.0561. The van der Waals surface area contributed by atoms with Crippen molar-refractivity contribution < 1.29 is 22.9 Å². The summed E-state index contributed by atoms with van der Waals surface area (Å²) in [6.07, 6.45) is 1.61. The molecule has 0 unspecified atom stereocenters. The molecule has 2 heterocycles. The summed E-state index contributed by atoms with van der Waals surface area (Å²) in [7, 11) is -2.54. The number of hydrogen-bond donors (Lipinski definition) is 0. The Labute approximate surface area is 197 Å². The third kappa shape index (κ3) is 3.83. The van der Waals surface area contributed by atoms with E-state index < -0.39 is 38.9 Å². The van der Waals surface area contributed by atoms with Crippen LogP contribution < -0.4 is 9.64 Å². The molecule has 1 aromatic heterocycles. The summed E-state index contributed by atoms with van der Waals surface area (Å²) in [4.78, 5) is 26.6. The molecule has 0 N–H and O–H groups in total. The van der Waals surface area contributed by atoms with Crippen LogP contribution in [0.5, 0.6) is 5.75 Å². The molecule has 0 bridgehead atoms. The van der Waals surface area contributed by atoms with E-state index in [2.05, 4.69) is 0 Å². The molecule has 1 amide bonds. The zero-order chi connectivity index (χ0) is 24.6. The third-order valence-corrected chi connectivity index (χ3v) is 7.94. The summed E-state index contributed by atoms with van der Waals surface area (Å²) in [6.45, 7) is 3.57. The van der Waals surface area contributed by atoms with E-state index in [9.17, 15) is 23.3 Å². The van der Waals surface area contributed by atoms with Crippen molar-refractivity contribution in [3.63, 3.8) is 0 Å². The molecular formula is C24H25N3O6S. The van der Waals surface area contributed by atoms with Gasteiger partial charge in [0.2, 0.25) is 5.91 Å². The van der Waals surface area contributed by atoms with Gasteiger partial charge in [-0.15, -0.1) is 0 Å². The average molecular weight is 484 g/mol. The van der Waals surface area contributed by atoms with Gasteiger partial charge in [0.1, 0.15) is 17.7 Å². The second kappa shape index (κ2) is 8.94. The molecule has 3 atom stereocenters. The van der Waals surface area contributed by atoms with Crippen LogP contribution in [0.3, 0.4) is 0 Å². The summed E-state index contributed by atoms with van der Waals surface area (Å²) < 4.78 is 33.2. The molecule has 0 radical (unpaired) electrons. The number of hydrogen-bond acceptors (Lipinski definition) is 6. The molecule has 0 aliphatic carbocycles. The van der Waals surface area contributed by atoms with Gasteiger partial charge in [0, 0.05) is 16.8 Å². The number of aryl methyl sites for hydroxylation is 1. The smallest absolute Gasteiger partial charge is 0.267 e. The van der Waals surface area contributed by atoms with Gasteiger partial charge in [-0.1, -0.05) is 24.6 Å². The minimum atomic E-state index is -4.05. The Morgan fingerprint density at radius 1 is 1.06 bits per heavy atom. The van der Waals surface area contributed by atoms with Crippen molar-refractivity contribution in [1.82, 2.24) is 3.97 Å². The number of methoxy groups -OCH3 is 1. The Morgan fingerprint density at radius 2 is 1.71 bits per heavy atom. The molecule has 1 aliphatic heterocycles. The summed E-state index contributed by atoms with van der Waals surface area (Å²) in [5, 5.41) is 12.2. The molecule has 1 fully saturated rings. The number of benzene rings is 2. The van der Waals surface area contributed by atoms with Crippen molar-refractivity contribution in [2.75, 3.05) is 12.0 Å². The van der Waals surface area contributed by atoms with E-state index in [-0.39, 0.29) is 17.0 Å². The predicted molar refractivity (Wildman–Crippen MR) is 126 cm³/mol. The van der Waals surface area contributed by atoms with Gasteiger partial charge in [0.05, 0.1) is 17.7 Å².